The van der Waals surface area contributed by atoms with Crippen molar-refractivity contribution in [3.05, 3.63) is 71.5 Å². The second kappa shape index (κ2) is 7.92. The molecule has 1 amide bonds. The summed E-state index contributed by atoms with van der Waals surface area (Å²) in [7, 11) is 0. The standard InChI is InChI=1S/C17H16F4N2O/c18-14-8-6-13(7-9-14)16(12-4-2-1-3-5-12)22-10-15(24)23-11-17(19,20)21/h1-9,16,22H,10-11H2,(H,23,24). The van der Waals surface area contributed by atoms with Crippen molar-refractivity contribution in [3.63, 3.8) is 0 Å². The summed E-state index contributed by atoms with van der Waals surface area (Å²) >= 11 is 0. The smallest absolute Gasteiger partial charge is 0.346 e. The minimum Gasteiger partial charge on any atom is -0.346 e. The first-order valence-electron chi connectivity index (χ1n) is 7.22. The molecule has 2 rings (SSSR count). The van der Waals surface area contributed by atoms with Gasteiger partial charge in [-0.3, -0.25) is 10.1 Å². The van der Waals surface area contributed by atoms with Gasteiger partial charge in [0.1, 0.15) is 12.4 Å². The van der Waals surface area contributed by atoms with Crippen molar-refractivity contribution in [3.8, 4) is 0 Å². The van der Waals surface area contributed by atoms with Gasteiger partial charge in [-0.05, 0) is 23.3 Å². The van der Waals surface area contributed by atoms with Gasteiger partial charge in [0.15, 0.2) is 0 Å². The third-order valence-corrected chi connectivity index (χ3v) is 3.29. The molecule has 0 saturated heterocycles. The fourth-order valence-corrected chi connectivity index (χ4v) is 2.18. The van der Waals surface area contributed by atoms with Crippen LogP contribution in [-0.4, -0.2) is 25.2 Å². The van der Waals surface area contributed by atoms with Gasteiger partial charge in [0.05, 0.1) is 12.6 Å². The van der Waals surface area contributed by atoms with Crippen molar-refractivity contribution in [2.45, 2.75) is 12.2 Å². The number of benzene rings is 2. The van der Waals surface area contributed by atoms with Crippen LogP contribution in [0.5, 0.6) is 0 Å². The van der Waals surface area contributed by atoms with Crippen molar-refractivity contribution in [1.82, 2.24) is 10.6 Å². The van der Waals surface area contributed by atoms with E-state index in [-0.39, 0.29) is 6.54 Å². The van der Waals surface area contributed by atoms with E-state index in [4.69, 9.17) is 0 Å². The molecule has 0 aromatic heterocycles. The quantitative estimate of drug-likeness (QED) is 0.793. The van der Waals surface area contributed by atoms with Crippen LogP contribution in [-0.2, 0) is 4.79 Å². The number of hydrogen-bond donors (Lipinski definition) is 2. The number of carbonyl (C=O) groups is 1. The first-order valence-corrected chi connectivity index (χ1v) is 7.22. The van der Waals surface area contributed by atoms with Gasteiger partial charge >= 0.3 is 6.18 Å². The molecule has 0 radical (unpaired) electrons. The first kappa shape index (κ1) is 17.9. The first-order chi connectivity index (χ1) is 11.3. The van der Waals surface area contributed by atoms with E-state index in [1.165, 1.54) is 12.1 Å². The van der Waals surface area contributed by atoms with Gasteiger partial charge < -0.3 is 5.32 Å². The maximum Gasteiger partial charge on any atom is 0.405 e. The number of rotatable bonds is 6. The van der Waals surface area contributed by atoms with Crippen molar-refractivity contribution in [2.24, 2.45) is 0 Å². The maximum absolute atomic E-state index is 13.1. The Morgan fingerprint density at radius 3 is 2.12 bits per heavy atom. The Bertz CT molecular complexity index is 657. The van der Waals surface area contributed by atoms with Crippen LogP contribution < -0.4 is 10.6 Å². The molecule has 3 nitrogen and oxygen atoms in total. The zero-order chi connectivity index (χ0) is 17.6. The van der Waals surface area contributed by atoms with E-state index < -0.39 is 30.5 Å². The third-order valence-electron chi connectivity index (χ3n) is 3.29. The van der Waals surface area contributed by atoms with Crippen LogP contribution >= 0.6 is 0 Å². The molecule has 0 bridgehead atoms. The largest absolute Gasteiger partial charge is 0.405 e. The second-order valence-corrected chi connectivity index (χ2v) is 5.17. The average molecular weight is 340 g/mol. The predicted octanol–water partition coefficient (Wildman–Crippen LogP) is 3.18. The SMILES string of the molecule is O=C(CNC(c1ccccc1)c1ccc(F)cc1)NCC(F)(F)F. The summed E-state index contributed by atoms with van der Waals surface area (Å²) in [6, 6.07) is 14.3. The third kappa shape index (κ3) is 5.66. The minimum absolute atomic E-state index is 0.299. The topological polar surface area (TPSA) is 41.1 Å². The molecule has 0 saturated carbocycles. The van der Waals surface area contributed by atoms with E-state index in [2.05, 4.69) is 5.32 Å². The lowest BCUT2D eigenvalue weighted by atomic mass is 9.98. The molecule has 128 valence electrons. The van der Waals surface area contributed by atoms with Gasteiger partial charge in [-0.25, -0.2) is 4.39 Å². The fourth-order valence-electron chi connectivity index (χ4n) is 2.18. The average Bonchev–Trinajstić information content (AvgIpc) is 2.55. The van der Waals surface area contributed by atoms with E-state index in [9.17, 15) is 22.4 Å². The molecule has 2 aromatic carbocycles. The van der Waals surface area contributed by atoms with Crippen molar-refractivity contribution in [1.29, 1.82) is 0 Å². The summed E-state index contributed by atoms with van der Waals surface area (Å²) in [6.07, 6.45) is -4.45. The number of alkyl halides is 3. The van der Waals surface area contributed by atoms with Gasteiger partial charge in [-0.15, -0.1) is 0 Å². The lowest BCUT2D eigenvalue weighted by molar-refractivity contribution is -0.137. The van der Waals surface area contributed by atoms with Gasteiger partial charge in [0.2, 0.25) is 5.91 Å². The number of amides is 1. The Kier molecular flexibility index (Phi) is 5.92. The summed E-state index contributed by atoms with van der Waals surface area (Å²) < 4.78 is 49.4. The van der Waals surface area contributed by atoms with Crippen LogP contribution in [0.25, 0.3) is 0 Å². The molecule has 0 heterocycles. The number of halogens is 4. The van der Waals surface area contributed by atoms with E-state index in [0.717, 1.165) is 5.56 Å². The minimum atomic E-state index is -4.45. The molecule has 1 atom stereocenters. The highest BCUT2D eigenvalue weighted by molar-refractivity contribution is 5.78. The highest BCUT2D eigenvalue weighted by atomic mass is 19.4. The second-order valence-electron chi connectivity index (χ2n) is 5.17. The Labute approximate surface area is 136 Å². The van der Waals surface area contributed by atoms with Crippen LogP contribution in [0.4, 0.5) is 17.6 Å². The molecule has 0 aliphatic heterocycles. The normalized spacial score (nSPS) is 12.7. The van der Waals surface area contributed by atoms with Crippen LogP contribution in [0.3, 0.4) is 0 Å². The molecule has 2 aromatic rings. The highest BCUT2D eigenvalue weighted by Gasteiger charge is 2.27. The Hall–Kier alpha value is -2.41. The molecular weight excluding hydrogens is 324 g/mol. The van der Waals surface area contributed by atoms with E-state index >= 15 is 0 Å². The Balaban J connectivity index is 2.07. The van der Waals surface area contributed by atoms with E-state index in [0.29, 0.717) is 5.56 Å². The summed E-state index contributed by atoms with van der Waals surface area (Å²) in [5.41, 5.74) is 1.51. The Morgan fingerprint density at radius 2 is 1.54 bits per heavy atom. The van der Waals surface area contributed by atoms with Crippen LogP contribution in [0.1, 0.15) is 17.2 Å². The number of hydrogen-bond acceptors (Lipinski definition) is 2. The lowest BCUT2D eigenvalue weighted by Crippen LogP contribution is -2.40. The number of carbonyl (C=O) groups excluding carboxylic acids is 1. The zero-order valence-electron chi connectivity index (χ0n) is 12.6. The van der Waals surface area contributed by atoms with Crippen molar-refractivity contribution in [2.75, 3.05) is 13.1 Å². The lowest BCUT2D eigenvalue weighted by Gasteiger charge is -2.20. The molecule has 2 N–H and O–H groups in total. The van der Waals surface area contributed by atoms with Gasteiger partial charge in [-0.1, -0.05) is 42.5 Å². The molecule has 7 heteroatoms. The Morgan fingerprint density at radius 1 is 0.958 bits per heavy atom. The predicted molar refractivity (Wildman–Crippen MR) is 81.8 cm³/mol. The summed E-state index contributed by atoms with van der Waals surface area (Å²) in [4.78, 5) is 11.6. The monoisotopic (exact) mass is 340 g/mol. The zero-order valence-corrected chi connectivity index (χ0v) is 12.6. The molecule has 0 spiro atoms. The fraction of sp³-hybridized carbons (Fsp3) is 0.235. The summed E-state index contributed by atoms with van der Waals surface area (Å²) in [5, 5.41) is 4.71. The molecule has 24 heavy (non-hydrogen) atoms. The van der Waals surface area contributed by atoms with Crippen LogP contribution in [0.15, 0.2) is 54.6 Å². The molecular formula is C17H16F4N2O. The summed E-state index contributed by atoms with van der Waals surface area (Å²) in [5.74, 6) is -1.16. The van der Waals surface area contributed by atoms with Gasteiger partial charge in [0.25, 0.3) is 0 Å². The molecule has 0 fully saturated rings. The highest BCUT2D eigenvalue weighted by Crippen LogP contribution is 2.22. The van der Waals surface area contributed by atoms with E-state index in [1.807, 2.05) is 18.2 Å². The van der Waals surface area contributed by atoms with Gasteiger partial charge in [0, 0.05) is 0 Å². The maximum atomic E-state index is 13.1. The molecule has 1 unspecified atom stereocenters. The van der Waals surface area contributed by atoms with Crippen LogP contribution in [0, 0.1) is 5.82 Å². The molecule has 0 aliphatic rings. The van der Waals surface area contributed by atoms with Crippen molar-refractivity contribution >= 4 is 5.91 Å². The van der Waals surface area contributed by atoms with Crippen molar-refractivity contribution < 1.29 is 22.4 Å². The van der Waals surface area contributed by atoms with Crippen LogP contribution in [0.2, 0.25) is 0 Å². The number of nitrogens with one attached hydrogen (secondary N) is 2. The van der Waals surface area contributed by atoms with E-state index in [1.54, 1.807) is 29.6 Å². The summed E-state index contributed by atoms with van der Waals surface area (Å²) in [6.45, 7) is -1.67. The molecule has 0 aliphatic carbocycles. The van der Waals surface area contributed by atoms with Gasteiger partial charge in [-0.2, -0.15) is 13.2 Å².